The van der Waals surface area contributed by atoms with Gasteiger partial charge in [-0.05, 0) is 52.7 Å². The van der Waals surface area contributed by atoms with Crippen LogP contribution >= 0.6 is 0 Å². The fraction of sp³-hybridized carbons (Fsp3) is 0.421. The number of hydroxylamine groups is 2. The predicted octanol–water partition coefficient (Wildman–Crippen LogP) is 4.45. The molecule has 0 radical (unpaired) electrons. The second kappa shape index (κ2) is 5.73. The van der Waals surface area contributed by atoms with Crippen LogP contribution in [0.5, 0.6) is 0 Å². The Morgan fingerprint density at radius 3 is 2.00 bits per heavy atom. The average Bonchev–Trinajstić information content (AvgIpc) is 2.57. The van der Waals surface area contributed by atoms with E-state index in [1.54, 1.807) is 11.1 Å². The van der Waals surface area contributed by atoms with Gasteiger partial charge in [-0.3, -0.25) is 0 Å². The van der Waals surface area contributed by atoms with Crippen LogP contribution in [0.2, 0.25) is 0 Å². The van der Waals surface area contributed by atoms with Gasteiger partial charge in [-0.25, -0.2) is 4.79 Å². The molecule has 0 amide bonds. The van der Waals surface area contributed by atoms with E-state index in [1.165, 1.54) is 17.2 Å². The summed E-state index contributed by atoms with van der Waals surface area (Å²) < 4.78 is 0. The summed E-state index contributed by atoms with van der Waals surface area (Å²) in [6, 6.07) is 8.25. The van der Waals surface area contributed by atoms with Crippen LogP contribution < -0.4 is 0 Å². The van der Waals surface area contributed by atoms with Gasteiger partial charge in [-0.2, -0.15) is 0 Å². The monoisotopic (exact) mass is 299 g/mol. The Kier molecular flexibility index (Phi) is 4.30. The molecule has 3 nitrogen and oxygen atoms in total. The maximum Gasteiger partial charge on any atom is 0.349 e. The summed E-state index contributed by atoms with van der Waals surface area (Å²) in [5.74, 6) is -0.355. The van der Waals surface area contributed by atoms with Crippen molar-refractivity contribution in [2.24, 2.45) is 0 Å². The Morgan fingerprint density at radius 2 is 1.55 bits per heavy atom. The third-order valence-corrected chi connectivity index (χ3v) is 4.10. The van der Waals surface area contributed by atoms with Crippen LogP contribution in [0.25, 0.3) is 0 Å². The Labute approximate surface area is 133 Å². The molecule has 0 atom stereocenters. The first-order chi connectivity index (χ1) is 10.2. The maximum absolute atomic E-state index is 12.1. The summed E-state index contributed by atoms with van der Waals surface area (Å²) >= 11 is 0. The minimum atomic E-state index is -0.361. The lowest BCUT2D eigenvalue weighted by Crippen LogP contribution is -2.46. The van der Waals surface area contributed by atoms with Gasteiger partial charge in [0, 0.05) is 6.08 Å². The van der Waals surface area contributed by atoms with Crippen LogP contribution in [-0.4, -0.2) is 11.0 Å². The molecule has 0 bridgehead atoms. The van der Waals surface area contributed by atoms with Gasteiger partial charge in [0.25, 0.3) is 0 Å². The highest BCUT2D eigenvalue weighted by atomic mass is 16.7. The number of carbonyl (C=O) groups is 1. The molecular formula is C19H25NO2. The van der Waals surface area contributed by atoms with E-state index in [0.717, 1.165) is 5.57 Å². The van der Waals surface area contributed by atoms with E-state index in [1.807, 2.05) is 32.1 Å². The molecule has 1 aliphatic heterocycles. The van der Waals surface area contributed by atoms with E-state index < -0.39 is 0 Å². The van der Waals surface area contributed by atoms with Crippen LogP contribution in [-0.2, 0) is 20.7 Å². The van der Waals surface area contributed by atoms with E-state index in [4.69, 9.17) is 4.84 Å². The SMILES string of the molecule is CC(C)=C/C=C\C(=O)ON1C(C)(C)c2ccccc2C1(C)C. The molecule has 0 fully saturated rings. The summed E-state index contributed by atoms with van der Waals surface area (Å²) in [7, 11) is 0. The molecule has 1 aliphatic rings. The summed E-state index contributed by atoms with van der Waals surface area (Å²) in [4.78, 5) is 17.8. The molecule has 0 saturated carbocycles. The van der Waals surface area contributed by atoms with Gasteiger partial charge in [0.15, 0.2) is 0 Å². The quantitative estimate of drug-likeness (QED) is 0.610. The molecule has 0 aromatic heterocycles. The molecule has 0 aliphatic carbocycles. The van der Waals surface area contributed by atoms with Crippen molar-refractivity contribution in [3.05, 3.63) is 59.2 Å². The maximum atomic E-state index is 12.1. The zero-order valence-electron chi connectivity index (χ0n) is 14.3. The largest absolute Gasteiger partial charge is 0.363 e. The van der Waals surface area contributed by atoms with Crippen molar-refractivity contribution < 1.29 is 9.63 Å². The molecule has 2 rings (SSSR count). The number of carbonyl (C=O) groups excluding carboxylic acids is 1. The number of fused-ring (bicyclic) bond motifs is 1. The summed E-state index contributed by atoms with van der Waals surface area (Å²) in [5.41, 5.74) is 2.81. The molecule has 0 saturated heterocycles. The zero-order chi connectivity index (χ0) is 16.5. The van der Waals surface area contributed by atoms with Gasteiger partial charge in [-0.1, -0.05) is 42.0 Å². The molecular weight excluding hydrogens is 274 g/mol. The van der Waals surface area contributed by atoms with Crippen LogP contribution in [0, 0.1) is 0 Å². The molecule has 0 spiro atoms. The van der Waals surface area contributed by atoms with Crippen molar-refractivity contribution in [2.45, 2.75) is 52.6 Å². The Hall–Kier alpha value is -1.87. The zero-order valence-corrected chi connectivity index (χ0v) is 14.3. The first kappa shape index (κ1) is 16.5. The Bertz CT molecular complexity index is 600. The number of hydrogen-bond acceptors (Lipinski definition) is 3. The fourth-order valence-electron chi connectivity index (χ4n) is 3.14. The average molecular weight is 299 g/mol. The van der Waals surface area contributed by atoms with Crippen molar-refractivity contribution >= 4 is 5.97 Å². The molecule has 0 unspecified atom stereocenters. The van der Waals surface area contributed by atoms with Crippen LogP contribution in [0.3, 0.4) is 0 Å². The van der Waals surface area contributed by atoms with Gasteiger partial charge >= 0.3 is 5.97 Å². The van der Waals surface area contributed by atoms with Crippen molar-refractivity contribution in [3.63, 3.8) is 0 Å². The second-order valence-electron chi connectivity index (χ2n) is 6.97. The van der Waals surface area contributed by atoms with Crippen LogP contribution in [0.4, 0.5) is 0 Å². The third-order valence-electron chi connectivity index (χ3n) is 4.10. The van der Waals surface area contributed by atoms with Crippen molar-refractivity contribution in [3.8, 4) is 0 Å². The van der Waals surface area contributed by atoms with Crippen LogP contribution in [0.15, 0.2) is 48.1 Å². The van der Waals surface area contributed by atoms with Crippen molar-refractivity contribution in [2.75, 3.05) is 0 Å². The summed E-state index contributed by atoms with van der Waals surface area (Å²) in [6.07, 6.45) is 5.07. The van der Waals surface area contributed by atoms with Gasteiger partial charge in [0.2, 0.25) is 0 Å². The second-order valence-corrected chi connectivity index (χ2v) is 6.97. The molecule has 22 heavy (non-hydrogen) atoms. The number of nitrogens with zero attached hydrogens (tertiary/aromatic N) is 1. The summed E-state index contributed by atoms with van der Waals surface area (Å²) in [5, 5.41) is 1.81. The van der Waals surface area contributed by atoms with E-state index in [-0.39, 0.29) is 17.0 Å². The number of benzene rings is 1. The van der Waals surface area contributed by atoms with Gasteiger partial charge in [0.05, 0.1) is 11.1 Å². The van der Waals surface area contributed by atoms with Crippen molar-refractivity contribution in [1.29, 1.82) is 0 Å². The fourth-order valence-corrected chi connectivity index (χ4v) is 3.14. The van der Waals surface area contributed by atoms with Gasteiger partial charge in [-0.15, -0.1) is 5.06 Å². The number of hydrogen-bond donors (Lipinski definition) is 0. The third kappa shape index (κ3) is 2.86. The Morgan fingerprint density at radius 1 is 1.05 bits per heavy atom. The Balaban J connectivity index is 2.27. The van der Waals surface area contributed by atoms with Crippen LogP contribution in [0.1, 0.15) is 52.7 Å². The van der Waals surface area contributed by atoms with Gasteiger partial charge < -0.3 is 4.84 Å². The predicted molar refractivity (Wildman–Crippen MR) is 89.0 cm³/mol. The minimum Gasteiger partial charge on any atom is -0.363 e. The molecule has 1 aromatic carbocycles. The topological polar surface area (TPSA) is 29.5 Å². The van der Waals surface area contributed by atoms with E-state index in [9.17, 15) is 4.79 Å². The summed E-state index contributed by atoms with van der Waals surface area (Å²) in [6.45, 7) is 12.3. The first-order valence-corrected chi connectivity index (χ1v) is 7.61. The van der Waals surface area contributed by atoms with E-state index >= 15 is 0 Å². The van der Waals surface area contributed by atoms with E-state index in [2.05, 4.69) is 39.8 Å². The highest BCUT2D eigenvalue weighted by molar-refractivity contribution is 5.82. The first-order valence-electron chi connectivity index (χ1n) is 7.61. The number of rotatable bonds is 3. The molecule has 3 heteroatoms. The molecule has 1 heterocycles. The lowest BCUT2D eigenvalue weighted by molar-refractivity contribution is -0.244. The highest BCUT2D eigenvalue weighted by Crippen LogP contribution is 2.49. The minimum absolute atomic E-state index is 0.355. The normalized spacial score (nSPS) is 19.0. The molecule has 118 valence electrons. The van der Waals surface area contributed by atoms with E-state index in [0.29, 0.717) is 0 Å². The standard InChI is InChI=1S/C19H25NO2/c1-14(2)10-9-13-17(21)22-20-18(3,4)15-11-7-8-12-16(15)19(20,5)6/h7-13H,1-6H3/b13-9-. The lowest BCUT2D eigenvalue weighted by atomic mass is 9.91. The molecule has 0 N–H and O–H groups in total. The lowest BCUT2D eigenvalue weighted by Gasteiger charge is -2.38. The van der Waals surface area contributed by atoms with Crippen molar-refractivity contribution in [1.82, 2.24) is 5.06 Å². The molecule has 1 aromatic rings. The number of allylic oxidation sites excluding steroid dienone is 3. The van der Waals surface area contributed by atoms with Gasteiger partial charge in [0.1, 0.15) is 0 Å². The highest BCUT2D eigenvalue weighted by Gasteiger charge is 2.51. The smallest absolute Gasteiger partial charge is 0.349 e.